The zero-order chi connectivity index (χ0) is 15.6. The first-order chi connectivity index (χ1) is 9.11. The fourth-order valence-corrected chi connectivity index (χ4v) is 1.73. The lowest BCUT2D eigenvalue weighted by atomic mass is 9.88. The highest BCUT2D eigenvalue weighted by Gasteiger charge is 2.55. The molecule has 1 aromatic rings. The van der Waals surface area contributed by atoms with Crippen molar-refractivity contribution in [3.05, 3.63) is 39.9 Å². The SMILES string of the molecule is CC(C#N)C(O)(C=Cc1ccc(Cl)c(Cl)c1)C(F)(F)F. The van der Waals surface area contributed by atoms with E-state index in [1.165, 1.54) is 24.3 Å². The van der Waals surface area contributed by atoms with Gasteiger partial charge in [0.05, 0.1) is 22.0 Å². The number of hydrogen-bond donors (Lipinski definition) is 1. The van der Waals surface area contributed by atoms with E-state index < -0.39 is 17.7 Å². The number of rotatable bonds is 3. The molecule has 7 heteroatoms. The fraction of sp³-hybridized carbons (Fsp3) is 0.308. The van der Waals surface area contributed by atoms with Gasteiger partial charge in [0.1, 0.15) is 0 Å². The van der Waals surface area contributed by atoms with Crippen LogP contribution in [0.4, 0.5) is 13.2 Å². The smallest absolute Gasteiger partial charge is 0.376 e. The van der Waals surface area contributed by atoms with Crippen LogP contribution in [0.2, 0.25) is 10.0 Å². The molecule has 0 heterocycles. The minimum atomic E-state index is -4.96. The minimum absolute atomic E-state index is 0.178. The van der Waals surface area contributed by atoms with Crippen LogP contribution >= 0.6 is 23.2 Å². The third-order valence-electron chi connectivity index (χ3n) is 2.78. The number of halogens is 5. The van der Waals surface area contributed by atoms with Crippen molar-refractivity contribution < 1.29 is 18.3 Å². The lowest BCUT2D eigenvalue weighted by Gasteiger charge is -2.29. The lowest BCUT2D eigenvalue weighted by molar-refractivity contribution is -0.249. The number of aliphatic hydroxyl groups is 1. The average molecular weight is 324 g/mol. The maximum absolute atomic E-state index is 12.9. The summed E-state index contributed by atoms with van der Waals surface area (Å²) in [7, 11) is 0. The van der Waals surface area contributed by atoms with Crippen LogP contribution in [-0.4, -0.2) is 16.9 Å². The van der Waals surface area contributed by atoms with Gasteiger partial charge in [0.15, 0.2) is 5.60 Å². The van der Waals surface area contributed by atoms with Gasteiger partial charge in [-0.15, -0.1) is 0 Å². The van der Waals surface area contributed by atoms with E-state index in [1.54, 1.807) is 0 Å². The summed E-state index contributed by atoms with van der Waals surface area (Å²) >= 11 is 11.4. The van der Waals surface area contributed by atoms with Crippen molar-refractivity contribution >= 4 is 29.3 Å². The first-order valence-corrected chi connectivity index (χ1v) is 6.20. The van der Waals surface area contributed by atoms with Crippen LogP contribution in [0.25, 0.3) is 6.08 Å². The van der Waals surface area contributed by atoms with E-state index in [0.29, 0.717) is 11.6 Å². The summed E-state index contributed by atoms with van der Waals surface area (Å²) in [5, 5.41) is 18.8. The van der Waals surface area contributed by atoms with E-state index in [4.69, 9.17) is 28.5 Å². The summed E-state index contributed by atoms with van der Waals surface area (Å²) in [6, 6.07) is 5.62. The topological polar surface area (TPSA) is 44.0 Å². The van der Waals surface area contributed by atoms with Crippen molar-refractivity contribution in [1.29, 1.82) is 5.26 Å². The quantitative estimate of drug-likeness (QED) is 0.892. The Labute approximate surface area is 124 Å². The molecule has 108 valence electrons. The normalized spacial score (nSPS) is 16.7. The van der Waals surface area contributed by atoms with E-state index in [2.05, 4.69) is 0 Å². The van der Waals surface area contributed by atoms with Gasteiger partial charge < -0.3 is 5.11 Å². The van der Waals surface area contributed by atoms with Crippen LogP contribution in [0.15, 0.2) is 24.3 Å². The van der Waals surface area contributed by atoms with Crippen molar-refractivity contribution in [3.63, 3.8) is 0 Å². The molecule has 1 aromatic carbocycles. The largest absolute Gasteiger partial charge is 0.422 e. The monoisotopic (exact) mass is 323 g/mol. The van der Waals surface area contributed by atoms with Gasteiger partial charge >= 0.3 is 6.18 Å². The van der Waals surface area contributed by atoms with E-state index in [-0.39, 0.29) is 10.0 Å². The Hall–Kier alpha value is -1.22. The Balaban J connectivity index is 3.17. The van der Waals surface area contributed by atoms with Crippen molar-refractivity contribution in [2.24, 2.45) is 5.92 Å². The standard InChI is InChI=1S/C13H10Cl2F3NO/c1-8(7-19)12(20,13(16,17)18)5-4-9-2-3-10(14)11(15)6-9/h2-6,8,20H,1H3. The molecule has 0 saturated heterocycles. The van der Waals surface area contributed by atoms with Gasteiger partial charge in [0.2, 0.25) is 0 Å². The predicted molar refractivity (Wildman–Crippen MR) is 71.3 cm³/mol. The Kier molecular flexibility index (Phi) is 5.09. The highest BCUT2D eigenvalue weighted by Crippen LogP contribution is 2.38. The van der Waals surface area contributed by atoms with Gasteiger partial charge in [-0.25, -0.2) is 0 Å². The molecule has 0 aliphatic heterocycles. The van der Waals surface area contributed by atoms with Crippen LogP contribution in [0.5, 0.6) is 0 Å². The number of alkyl halides is 3. The summed E-state index contributed by atoms with van der Waals surface area (Å²) < 4.78 is 38.7. The van der Waals surface area contributed by atoms with Crippen molar-refractivity contribution in [2.75, 3.05) is 0 Å². The molecule has 0 aromatic heterocycles. The summed E-state index contributed by atoms with van der Waals surface area (Å²) in [5.41, 5.74) is -2.90. The Morgan fingerprint density at radius 3 is 2.35 bits per heavy atom. The zero-order valence-electron chi connectivity index (χ0n) is 10.2. The van der Waals surface area contributed by atoms with Crippen LogP contribution in [0.3, 0.4) is 0 Å². The van der Waals surface area contributed by atoms with Gasteiger partial charge in [-0.1, -0.05) is 35.3 Å². The highest BCUT2D eigenvalue weighted by molar-refractivity contribution is 6.42. The van der Waals surface area contributed by atoms with E-state index in [1.807, 2.05) is 0 Å². The van der Waals surface area contributed by atoms with Crippen LogP contribution < -0.4 is 0 Å². The first-order valence-electron chi connectivity index (χ1n) is 5.45. The van der Waals surface area contributed by atoms with Crippen LogP contribution in [-0.2, 0) is 0 Å². The maximum atomic E-state index is 12.9. The molecule has 0 aliphatic rings. The molecule has 0 aliphatic carbocycles. The van der Waals surface area contributed by atoms with Gasteiger partial charge in [0.25, 0.3) is 0 Å². The van der Waals surface area contributed by atoms with E-state index in [9.17, 15) is 18.3 Å². The molecule has 0 saturated carbocycles. The van der Waals surface area contributed by atoms with Crippen molar-refractivity contribution in [3.8, 4) is 6.07 Å². The molecule has 1 rings (SSSR count). The molecule has 1 N–H and O–H groups in total. The number of nitrogens with zero attached hydrogens (tertiary/aromatic N) is 1. The van der Waals surface area contributed by atoms with Gasteiger partial charge in [-0.2, -0.15) is 18.4 Å². The van der Waals surface area contributed by atoms with Crippen LogP contribution in [0.1, 0.15) is 12.5 Å². The van der Waals surface area contributed by atoms with Crippen molar-refractivity contribution in [1.82, 2.24) is 0 Å². The molecule has 2 nitrogen and oxygen atoms in total. The molecular formula is C13H10Cl2F3NO. The maximum Gasteiger partial charge on any atom is 0.422 e. The molecular weight excluding hydrogens is 314 g/mol. The summed E-state index contributed by atoms with van der Waals surface area (Å²) in [6.45, 7) is 0.993. The third kappa shape index (κ3) is 3.45. The fourth-order valence-electron chi connectivity index (χ4n) is 1.42. The number of nitriles is 1. The Morgan fingerprint density at radius 2 is 1.90 bits per heavy atom. The minimum Gasteiger partial charge on any atom is -0.376 e. The molecule has 2 unspecified atom stereocenters. The predicted octanol–water partition coefficient (Wildman–Crippen LogP) is 4.46. The molecule has 0 spiro atoms. The van der Waals surface area contributed by atoms with Crippen LogP contribution in [0, 0.1) is 17.2 Å². The van der Waals surface area contributed by atoms with Crippen molar-refractivity contribution in [2.45, 2.75) is 18.7 Å². The zero-order valence-corrected chi connectivity index (χ0v) is 11.8. The van der Waals surface area contributed by atoms with Gasteiger partial charge in [-0.05, 0) is 30.7 Å². The second-order valence-corrected chi connectivity index (χ2v) is 5.00. The van der Waals surface area contributed by atoms with Gasteiger partial charge in [-0.3, -0.25) is 0 Å². The Bertz CT molecular complexity index is 566. The molecule has 20 heavy (non-hydrogen) atoms. The third-order valence-corrected chi connectivity index (χ3v) is 3.52. The summed E-state index contributed by atoms with van der Waals surface area (Å²) in [6.07, 6.45) is -3.38. The molecule has 0 fully saturated rings. The number of hydrogen-bond acceptors (Lipinski definition) is 2. The number of benzene rings is 1. The van der Waals surface area contributed by atoms with E-state index in [0.717, 1.165) is 13.0 Å². The molecule has 0 bridgehead atoms. The lowest BCUT2D eigenvalue weighted by Crippen LogP contribution is -2.48. The molecule has 0 radical (unpaired) electrons. The second kappa shape index (κ2) is 6.04. The van der Waals surface area contributed by atoms with E-state index >= 15 is 0 Å². The van der Waals surface area contributed by atoms with Gasteiger partial charge in [0, 0.05) is 0 Å². The summed E-state index contributed by atoms with van der Waals surface area (Å²) in [5.74, 6) is -1.65. The first kappa shape index (κ1) is 16.8. The highest BCUT2D eigenvalue weighted by atomic mass is 35.5. The average Bonchev–Trinajstić information content (AvgIpc) is 2.37. The Morgan fingerprint density at radius 1 is 1.30 bits per heavy atom. The molecule has 2 atom stereocenters. The summed E-state index contributed by atoms with van der Waals surface area (Å²) in [4.78, 5) is 0. The second-order valence-electron chi connectivity index (χ2n) is 4.18. The molecule has 0 amide bonds.